The Bertz CT molecular complexity index is 849. The van der Waals surface area contributed by atoms with Crippen LogP contribution in [0.2, 0.25) is 0 Å². The van der Waals surface area contributed by atoms with Gasteiger partial charge in [0.2, 0.25) is 0 Å². The summed E-state index contributed by atoms with van der Waals surface area (Å²) >= 11 is 0. The van der Waals surface area contributed by atoms with E-state index in [4.69, 9.17) is 4.42 Å². The van der Waals surface area contributed by atoms with Gasteiger partial charge in [0.1, 0.15) is 5.76 Å². The molecule has 0 unspecified atom stereocenters. The van der Waals surface area contributed by atoms with Crippen molar-refractivity contribution in [3.8, 4) is 0 Å². The number of carbonyl (C=O) groups excluding carboxylic acids is 1. The Morgan fingerprint density at radius 2 is 1.64 bits per heavy atom. The van der Waals surface area contributed by atoms with Crippen LogP contribution < -0.4 is 0 Å². The minimum atomic E-state index is 0.0802. The molecular weight excluding hydrogens is 310 g/mol. The Kier molecular flexibility index (Phi) is 4.38. The highest BCUT2D eigenvalue weighted by atomic mass is 16.3. The first kappa shape index (κ1) is 15.7. The van der Waals surface area contributed by atoms with Gasteiger partial charge in [0.15, 0.2) is 0 Å². The maximum absolute atomic E-state index is 12.7. The molecule has 1 aromatic heterocycles. The van der Waals surface area contributed by atoms with Crippen LogP contribution in [0.1, 0.15) is 32.8 Å². The number of nitrogens with zero attached hydrogens (tertiary/aromatic N) is 1. The molecule has 0 radical (unpaired) electrons. The molecule has 3 nitrogen and oxygen atoms in total. The topological polar surface area (TPSA) is 33.5 Å². The molecule has 0 fully saturated rings. The fourth-order valence-corrected chi connectivity index (χ4v) is 3.34. The third kappa shape index (κ3) is 3.50. The molecule has 0 N–H and O–H groups in total. The Labute approximate surface area is 147 Å². The molecule has 2 heterocycles. The van der Waals surface area contributed by atoms with Crippen molar-refractivity contribution < 1.29 is 9.21 Å². The van der Waals surface area contributed by atoms with E-state index in [-0.39, 0.29) is 5.91 Å². The van der Waals surface area contributed by atoms with Gasteiger partial charge in [-0.1, -0.05) is 42.5 Å². The van der Waals surface area contributed by atoms with E-state index < -0.39 is 0 Å². The smallest absolute Gasteiger partial charge is 0.254 e. The van der Waals surface area contributed by atoms with Crippen molar-refractivity contribution in [3.63, 3.8) is 0 Å². The number of amides is 1. The molecule has 126 valence electrons. The fourth-order valence-electron chi connectivity index (χ4n) is 3.34. The molecule has 4 rings (SSSR count). The zero-order valence-electron chi connectivity index (χ0n) is 14.2. The summed E-state index contributed by atoms with van der Waals surface area (Å²) in [5.41, 5.74) is 4.57. The summed E-state index contributed by atoms with van der Waals surface area (Å²) in [7, 11) is 0. The van der Waals surface area contributed by atoms with Crippen molar-refractivity contribution in [2.45, 2.75) is 25.8 Å². The highest BCUT2D eigenvalue weighted by Gasteiger charge is 2.23. The number of hydrogen-bond acceptors (Lipinski definition) is 2. The van der Waals surface area contributed by atoms with Crippen LogP contribution in [-0.4, -0.2) is 17.4 Å². The minimum Gasteiger partial charge on any atom is -0.467 e. The molecule has 0 atom stereocenters. The third-order valence-corrected chi connectivity index (χ3v) is 4.86. The van der Waals surface area contributed by atoms with E-state index in [2.05, 4.69) is 36.4 Å². The van der Waals surface area contributed by atoms with Crippen molar-refractivity contribution >= 4 is 5.91 Å². The van der Waals surface area contributed by atoms with Crippen LogP contribution >= 0.6 is 0 Å². The van der Waals surface area contributed by atoms with Crippen molar-refractivity contribution in [1.82, 2.24) is 4.90 Å². The third-order valence-electron chi connectivity index (χ3n) is 4.86. The van der Waals surface area contributed by atoms with Crippen LogP contribution in [0.3, 0.4) is 0 Å². The van der Waals surface area contributed by atoms with E-state index in [9.17, 15) is 4.79 Å². The van der Waals surface area contributed by atoms with Crippen molar-refractivity contribution in [2.75, 3.05) is 6.54 Å². The number of furan rings is 1. The summed E-state index contributed by atoms with van der Waals surface area (Å²) in [6.07, 6.45) is 4.58. The normalized spacial score (nSPS) is 13.5. The lowest BCUT2D eigenvalue weighted by atomic mass is 10.0. The molecule has 3 aromatic rings. The lowest BCUT2D eigenvalue weighted by Crippen LogP contribution is -2.35. The fraction of sp³-hybridized carbons (Fsp3) is 0.227. The summed E-state index contributed by atoms with van der Waals surface area (Å²) in [6.45, 7) is 1.32. The molecule has 0 bridgehead atoms. The number of carbonyl (C=O) groups is 1. The van der Waals surface area contributed by atoms with Gasteiger partial charge in [0, 0.05) is 12.1 Å². The van der Waals surface area contributed by atoms with Crippen LogP contribution in [0.4, 0.5) is 0 Å². The summed E-state index contributed by atoms with van der Waals surface area (Å²) in [5, 5.41) is 0. The predicted molar refractivity (Wildman–Crippen MR) is 97.4 cm³/mol. The second-order valence-electron chi connectivity index (χ2n) is 6.53. The zero-order valence-corrected chi connectivity index (χ0v) is 14.2. The summed E-state index contributed by atoms with van der Waals surface area (Å²) in [4.78, 5) is 14.6. The number of benzene rings is 2. The molecule has 1 aliphatic rings. The van der Waals surface area contributed by atoms with Crippen LogP contribution in [0, 0.1) is 0 Å². The van der Waals surface area contributed by atoms with E-state index in [0.717, 1.165) is 37.1 Å². The summed E-state index contributed by atoms with van der Waals surface area (Å²) in [6, 6.07) is 20.5. The average Bonchev–Trinajstić information content (AvgIpc) is 3.15. The molecule has 2 aromatic carbocycles. The average molecular weight is 331 g/mol. The standard InChI is InChI=1S/C22H21NO2/c24-22(23-14-12-19-13-15-25-21(19)16-23)20-10-8-18(9-11-20)7-6-17-4-2-1-3-5-17/h1-5,8-11,13,15H,6-7,12,14,16H2. The Balaban J connectivity index is 1.39. The molecule has 0 aliphatic carbocycles. The molecular formula is C22H21NO2. The van der Waals surface area contributed by atoms with Gasteiger partial charge in [0.25, 0.3) is 5.91 Å². The molecule has 3 heteroatoms. The highest BCUT2D eigenvalue weighted by Crippen LogP contribution is 2.21. The molecule has 1 aliphatic heterocycles. The largest absolute Gasteiger partial charge is 0.467 e. The summed E-state index contributed by atoms with van der Waals surface area (Å²) in [5.74, 6) is 0.996. The first-order valence-electron chi connectivity index (χ1n) is 8.77. The highest BCUT2D eigenvalue weighted by molar-refractivity contribution is 5.94. The molecule has 25 heavy (non-hydrogen) atoms. The Morgan fingerprint density at radius 3 is 2.40 bits per heavy atom. The van der Waals surface area contributed by atoms with Gasteiger partial charge in [-0.2, -0.15) is 0 Å². The van der Waals surface area contributed by atoms with Crippen molar-refractivity contribution in [2.24, 2.45) is 0 Å². The van der Waals surface area contributed by atoms with Gasteiger partial charge in [-0.15, -0.1) is 0 Å². The predicted octanol–water partition coefficient (Wildman–Crippen LogP) is 4.26. The minimum absolute atomic E-state index is 0.0802. The van der Waals surface area contributed by atoms with Gasteiger partial charge >= 0.3 is 0 Å². The molecule has 0 spiro atoms. The van der Waals surface area contributed by atoms with Crippen molar-refractivity contribution in [3.05, 3.63) is 94.9 Å². The maximum atomic E-state index is 12.7. The monoisotopic (exact) mass is 331 g/mol. The second kappa shape index (κ2) is 6.98. The Hall–Kier alpha value is -2.81. The van der Waals surface area contributed by atoms with Crippen molar-refractivity contribution in [1.29, 1.82) is 0 Å². The van der Waals surface area contributed by atoms with E-state index in [0.29, 0.717) is 6.54 Å². The van der Waals surface area contributed by atoms with Crippen LogP contribution in [-0.2, 0) is 25.8 Å². The first-order valence-corrected chi connectivity index (χ1v) is 8.77. The van der Waals surface area contributed by atoms with E-state index in [1.807, 2.05) is 29.2 Å². The Morgan fingerprint density at radius 1 is 0.920 bits per heavy atom. The van der Waals surface area contributed by atoms with Gasteiger partial charge in [0.05, 0.1) is 12.8 Å². The lowest BCUT2D eigenvalue weighted by molar-refractivity contribution is 0.0720. The first-order chi connectivity index (χ1) is 12.3. The van der Waals surface area contributed by atoms with Gasteiger partial charge in [-0.05, 0) is 54.2 Å². The van der Waals surface area contributed by atoms with Gasteiger partial charge in [-0.3, -0.25) is 4.79 Å². The van der Waals surface area contributed by atoms with E-state index in [1.165, 1.54) is 16.7 Å². The number of fused-ring (bicyclic) bond motifs is 1. The van der Waals surface area contributed by atoms with Crippen LogP contribution in [0.5, 0.6) is 0 Å². The zero-order chi connectivity index (χ0) is 17.1. The molecule has 1 amide bonds. The van der Waals surface area contributed by atoms with E-state index >= 15 is 0 Å². The van der Waals surface area contributed by atoms with Crippen LogP contribution in [0.15, 0.2) is 71.3 Å². The van der Waals surface area contributed by atoms with Gasteiger partial charge in [-0.25, -0.2) is 0 Å². The quantitative estimate of drug-likeness (QED) is 0.715. The lowest BCUT2D eigenvalue weighted by Gasteiger charge is -2.26. The number of rotatable bonds is 4. The number of aryl methyl sites for hydroxylation is 2. The summed E-state index contributed by atoms with van der Waals surface area (Å²) < 4.78 is 5.47. The molecule has 0 saturated carbocycles. The number of hydrogen-bond donors (Lipinski definition) is 0. The SMILES string of the molecule is O=C(c1ccc(CCc2ccccc2)cc1)N1CCc2ccoc2C1. The van der Waals surface area contributed by atoms with Crippen LogP contribution in [0.25, 0.3) is 0 Å². The van der Waals surface area contributed by atoms with E-state index in [1.54, 1.807) is 6.26 Å². The molecule has 0 saturated heterocycles. The maximum Gasteiger partial charge on any atom is 0.254 e. The van der Waals surface area contributed by atoms with Gasteiger partial charge < -0.3 is 9.32 Å². The second-order valence-corrected chi connectivity index (χ2v) is 6.53.